The molecule has 0 spiro atoms. The van der Waals surface area contributed by atoms with Crippen molar-refractivity contribution in [3.05, 3.63) is 41.9 Å². The third-order valence-corrected chi connectivity index (χ3v) is 3.10. The number of nitrogens with one attached hydrogen (secondary N) is 1. The first-order chi connectivity index (χ1) is 8.94. The van der Waals surface area contributed by atoms with Crippen LogP contribution in [-0.4, -0.2) is 9.97 Å². The fourth-order valence-corrected chi connectivity index (χ4v) is 2.09. The number of nitrogens with zero attached hydrogens (tertiary/aromatic N) is 1. The first-order valence-corrected chi connectivity index (χ1v) is 6.24. The molecule has 0 aliphatic carbocycles. The van der Waals surface area contributed by atoms with Gasteiger partial charge < -0.3 is 10.7 Å². The molecule has 1 atom stereocenters. The lowest BCUT2D eigenvalue weighted by Crippen LogP contribution is -2.34. The fourth-order valence-electron chi connectivity index (χ4n) is 2.09. The molecule has 0 saturated carbocycles. The fraction of sp³-hybridized carbons (Fsp3) is 0.357. The highest BCUT2D eigenvalue weighted by atomic mass is 19.1. The molecule has 2 aromatic rings. The van der Waals surface area contributed by atoms with Gasteiger partial charge in [0.25, 0.3) is 0 Å². The minimum Gasteiger partial charge on any atom is -0.340 e. The molecule has 0 aliphatic heterocycles. The molecule has 0 aliphatic rings. The third kappa shape index (κ3) is 2.81. The molecular formula is C14H17F2N3. The van der Waals surface area contributed by atoms with Crippen LogP contribution in [0.2, 0.25) is 0 Å². The molecule has 1 unspecified atom stereocenters. The van der Waals surface area contributed by atoms with Crippen molar-refractivity contribution < 1.29 is 8.78 Å². The minimum absolute atomic E-state index is 0.158. The molecule has 0 bridgehead atoms. The van der Waals surface area contributed by atoms with E-state index in [0.717, 1.165) is 31.0 Å². The lowest BCUT2D eigenvalue weighted by Gasteiger charge is -2.21. The Balaban J connectivity index is 2.38. The maximum atomic E-state index is 13.7. The van der Waals surface area contributed by atoms with Gasteiger partial charge in [-0.15, -0.1) is 0 Å². The number of imidazole rings is 1. The SMILES string of the molecule is CCCC(C)(N)c1ncc(-c2cc(F)ccc2F)[nH]1. The number of aromatic nitrogens is 2. The predicted octanol–water partition coefficient (Wildman–Crippen LogP) is 3.33. The quantitative estimate of drug-likeness (QED) is 0.891. The molecule has 2 rings (SSSR count). The standard InChI is InChI=1S/C14H17F2N3/c1-3-6-14(2,17)13-18-8-12(19-13)10-7-9(15)4-5-11(10)16/h4-5,7-8H,3,6,17H2,1-2H3,(H,18,19). The summed E-state index contributed by atoms with van der Waals surface area (Å²) in [6.45, 7) is 3.89. The maximum absolute atomic E-state index is 13.7. The Morgan fingerprint density at radius 1 is 1.37 bits per heavy atom. The van der Waals surface area contributed by atoms with Crippen molar-refractivity contribution in [1.29, 1.82) is 0 Å². The van der Waals surface area contributed by atoms with Gasteiger partial charge in [0.15, 0.2) is 0 Å². The summed E-state index contributed by atoms with van der Waals surface area (Å²) in [5.74, 6) is -0.407. The average Bonchev–Trinajstić information content (AvgIpc) is 2.82. The van der Waals surface area contributed by atoms with Crippen LogP contribution in [0.25, 0.3) is 11.3 Å². The van der Waals surface area contributed by atoms with E-state index < -0.39 is 17.2 Å². The van der Waals surface area contributed by atoms with E-state index in [1.165, 1.54) is 6.20 Å². The Morgan fingerprint density at radius 2 is 2.11 bits per heavy atom. The number of hydrogen-bond donors (Lipinski definition) is 2. The van der Waals surface area contributed by atoms with Gasteiger partial charge in [0, 0.05) is 5.56 Å². The summed E-state index contributed by atoms with van der Waals surface area (Å²) < 4.78 is 26.8. The Bertz CT molecular complexity index is 576. The Morgan fingerprint density at radius 3 is 2.79 bits per heavy atom. The van der Waals surface area contributed by atoms with Crippen LogP contribution in [0.5, 0.6) is 0 Å². The zero-order valence-electron chi connectivity index (χ0n) is 11.0. The van der Waals surface area contributed by atoms with E-state index in [9.17, 15) is 8.78 Å². The number of halogens is 2. The monoisotopic (exact) mass is 265 g/mol. The van der Waals surface area contributed by atoms with Gasteiger partial charge >= 0.3 is 0 Å². The van der Waals surface area contributed by atoms with E-state index in [0.29, 0.717) is 11.5 Å². The van der Waals surface area contributed by atoms with Gasteiger partial charge in [0.2, 0.25) is 0 Å². The highest BCUT2D eigenvalue weighted by Gasteiger charge is 2.24. The maximum Gasteiger partial charge on any atom is 0.132 e. The largest absolute Gasteiger partial charge is 0.340 e. The molecule has 3 N–H and O–H groups in total. The van der Waals surface area contributed by atoms with Crippen molar-refractivity contribution in [2.24, 2.45) is 5.73 Å². The van der Waals surface area contributed by atoms with Crippen LogP contribution in [0, 0.1) is 11.6 Å². The van der Waals surface area contributed by atoms with Crippen LogP contribution in [0.1, 0.15) is 32.5 Å². The van der Waals surface area contributed by atoms with Crippen molar-refractivity contribution in [3.63, 3.8) is 0 Å². The van der Waals surface area contributed by atoms with E-state index in [4.69, 9.17) is 5.73 Å². The summed E-state index contributed by atoms with van der Waals surface area (Å²) in [6, 6.07) is 3.32. The van der Waals surface area contributed by atoms with Crippen LogP contribution in [0.4, 0.5) is 8.78 Å². The highest BCUT2D eigenvalue weighted by Crippen LogP contribution is 2.26. The Kier molecular flexibility index (Phi) is 3.66. The molecule has 102 valence electrons. The molecule has 0 fully saturated rings. The van der Waals surface area contributed by atoms with Gasteiger partial charge in [-0.1, -0.05) is 13.3 Å². The van der Waals surface area contributed by atoms with Crippen LogP contribution in [0.15, 0.2) is 24.4 Å². The lowest BCUT2D eigenvalue weighted by atomic mass is 9.97. The van der Waals surface area contributed by atoms with Gasteiger partial charge in [0.05, 0.1) is 17.4 Å². The van der Waals surface area contributed by atoms with Gasteiger partial charge in [-0.05, 0) is 31.5 Å². The van der Waals surface area contributed by atoms with Crippen LogP contribution >= 0.6 is 0 Å². The zero-order chi connectivity index (χ0) is 14.0. The normalized spacial score (nSPS) is 14.4. The van der Waals surface area contributed by atoms with Crippen molar-refractivity contribution in [3.8, 4) is 11.3 Å². The van der Waals surface area contributed by atoms with E-state index in [1.807, 2.05) is 13.8 Å². The molecule has 1 aromatic carbocycles. The van der Waals surface area contributed by atoms with E-state index in [-0.39, 0.29) is 5.56 Å². The summed E-state index contributed by atoms with van der Waals surface area (Å²) in [6.07, 6.45) is 3.15. The first-order valence-electron chi connectivity index (χ1n) is 6.24. The van der Waals surface area contributed by atoms with Gasteiger partial charge in [-0.3, -0.25) is 0 Å². The number of hydrogen-bond acceptors (Lipinski definition) is 2. The van der Waals surface area contributed by atoms with Crippen LogP contribution in [0.3, 0.4) is 0 Å². The minimum atomic E-state index is -0.600. The molecule has 1 aromatic heterocycles. The number of rotatable bonds is 4. The molecule has 19 heavy (non-hydrogen) atoms. The molecule has 5 heteroatoms. The molecule has 0 radical (unpaired) electrons. The van der Waals surface area contributed by atoms with Crippen molar-refractivity contribution in [2.45, 2.75) is 32.2 Å². The number of nitrogens with two attached hydrogens (primary N) is 1. The van der Waals surface area contributed by atoms with E-state index in [2.05, 4.69) is 9.97 Å². The Hall–Kier alpha value is -1.75. The first kappa shape index (κ1) is 13.7. The second-order valence-electron chi connectivity index (χ2n) is 4.94. The molecular weight excluding hydrogens is 248 g/mol. The van der Waals surface area contributed by atoms with Crippen molar-refractivity contribution in [2.75, 3.05) is 0 Å². The molecule has 1 heterocycles. The summed E-state index contributed by atoms with van der Waals surface area (Å²) in [4.78, 5) is 7.16. The van der Waals surface area contributed by atoms with Crippen molar-refractivity contribution in [1.82, 2.24) is 9.97 Å². The van der Waals surface area contributed by atoms with Gasteiger partial charge in [0.1, 0.15) is 17.5 Å². The van der Waals surface area contributed by atoms with Gasteiger partial charge in [-0.2, -0.15) is 0 Å². The molecule has 0 saturated heterocycles. The zero-order valence-corrected chi connectivity index (χ0v) is 11.0. The van der Waals surface area contributed by atoms with Crippen LogP contribution in [-0.2, 0) is 5.54 Å². The number of aromatic amines is 1. The van der Waals surface area contributed by atoms with E-state index >= 15 is 0 Å². The smallest absolute Gasteiger partial charge is 0.132 e. The third-order valence-electron chi connectivity index (χ3n) is 3.10. The predicted molar refractivity (Wildman–Crippen MR) is 70.4 cm³/mol. The Labute approximate surface area is 110 Å². The topological polar surface area (TPSA) is 54.7 Å². The van der Waals surface area contributed by atoms with Crippen LogP contribution < -0.4 is 5.73 Å². The number of benzene rings is 1. The summed E-state index contributed by atoms with van der Waals surface area (Å²) in [5.41, 5.74) is 6.13. The second kappa shape index (κ2) is 5.09. The highest BCUT2D eigenvalue weighted by molar-refractivity contribution is 5.59. The van der Waals surface area contributed by atoms with E-state index in [1.54, 1.807) is 0 Å². The van der Waals surface area contributed by atoms with Gasteiger partial charge in [-0.25, -0.2) is 13.8 Å². The molecule has 0 amide bonds. The second-order valence-corrected chi connectivity index (χ2v) is 4.94. The average molecular weight is 265 g/mol. The number of H-pyrrole nitrogens is 1. The summed E-state index contributed by atoms with van der Waals surface area (Å²) in [5, 5.41) is 0. The summed E-state index contributed by atoms with van der Waals surface area (Å²) >= 11 is 0. The summed E-state index contributed by atoms with van der Waals surface area (Å²) in [7, 11) is 0. The van der Waals surface area contributed by atoms with Crippen molar-refractivity contribution >= 4 is 0 Å². The lowest BCUT2D eigenvalue weighted by molar-refractivity contribution is 0.423. The molecule has 3 nitrogen and oxygen atoms in total.